The van der Waals surface area contributed by atoms with E-state index < -0.39 is 0 Å². The summed E-state index contributed by atoms with van der Waals surface area (Å²) in [5, 5.41) is 0.971. The lowest BCUT2D eigenvalue weighted by molar-refractivity contribution is 0.0746. The molecule has 1 fully saturated rings. The molecule has 4 aromatic rings. The maximum Gasteiger partial charge on any atom is 0.253 e. The molecule has 1 saturated heterocycles. The molecule has 0 spiro atoms. The number of aromatic nitrogens is 2. The molecule has 0 aliphatic carbocycles. The quantitative estimate of drug-likeness (QED) is 0.407. The average Bonchev–Trinajstić information content (AvgIpc) is 2.88. The molecule has 1 aliphatic rings. The predicted octanol–water partition coefficient (Wildman–Crippen LogP) is 4.89. The molecule has 3 heterocycles. The van der Waals surface area contributed by atoms with Crippen molar-refractivity contribution >= 4 is 40.7 Å². The summed E-state index contributed by atoms with van der Waals surface area (Å²) in [7, 11) is 3.96. The minimum atomic E-state index is -0.267. The summed E-state index contributed by atoms with van der Waals surface area (Å²) < 4.78 is 13.4. The van der Waals surface area contributed by atoms with Gasteiger partial charge in [-0.3, -0.25) is 9.78 Å². The van der Waals surface area contributed by atoms with Crippen LogP contribution in [-0.4, -0.2) is 61.0 Å². The summed E-state index contributed by atoms with van der Waals surface area (Å²) in [4.78, 5) is 28.5. The number of piperazine rings is 1. The number of amides is 1. The Bertz CT molecular complexity index is 1320. The Morgan fingerprint density at radius 1 is 0.914 bits per heavy atom. The highest BCUT2D eigenvalue weighted by Gasteiger charge is 2.25. The summed E-state index contributed by atoms with van der Waals surface area (Å²) in [5.41, 5.74) is 4.39. The van der Waals surface area contributed by atoms with Crippen LogP contribution in [0, 0.1) is 5.82 Å². The van der Waals surface area contributed by atoms with Crippen LogP contribution in [0.2, 0.25) is 0 Å². The minimum absolute atomic E-state index is 0. The van der Waals surface area contributed by atoms with Crippen molar-refractivity contribution in [1.82, 2.24) is 14.9 Å². The van der Waals surface area contributed by atoms with Crippen LogP contribution < -0.4 is 9.80 Å². The van der Waals surface area contributed by atoms with Crippen LogP contribution in [0.3, 0.4) is 0 Å². The van der Waals surface area contributed by atoms with E-state index in [4.69, 9.17) is 4.98 Å². The summed E-state index contributed by atoms with van der Waals surface area (Å²) in [6.07, 6.45) is 3.59. The van der Waals surface area contributed by atoms with Gasteiger partial charge in [0.05, 0.1) is 0 Å². The van der Waals surface area contributed by atoms with Gasteiger partial charge in [0, 0.05) is 74.9 Å². The molecule has 1 aliphatic heterocycles. The van der Waals surface area contributed by atoms with Crippen LogP contribution >= 0.6 is 12.4 Å². The predicted molar refractivity (Wildman–Crippen MR) is 141 cm³/mol. The maximum absolute atomic E-state index is 13.4. The number of hydrogen-bond acceptors (Lipinski definition) is 5. The number of carbonyl (C=O) groups excluding carboxylic acids is 1. The molecule has 2 aromatic carbocycles. The standard InChI is InChI=1S/C27H26FN5O.ClH/c1-31(2)22-11-7-20(8-12-22)27(34)33-16-14-32(15-17-33)26-25-23(4-3-13-29-25)24(18-30-26)19-5-9-21(28)10-6-19;/h3-13,18H,14-17H2,1-2H3;1H. The molecule has 0 radical (unpaired) electrons. The second kappa shape index (κ2) is 10.3. The molecule has 0 N–H and O–H groups in total. The first-order valence-corrected chi connectivity index (χ1v) is 11.3. The van der Waals surface area contributed by atoms with E-state index in [9.17, 15) is 9.18 Å². The first-order chi connectivity index (χ1) is 16.5. The van der Waals surface area contributed by atoms with Gasteiger partial charge in [-0.1, -0.05) is 18.2 Å². The molecule has 5 rings (SSSR count). The third kappa shape index (κ3) is 4.91. The number of nitrogens with zero attached hydrogens (tertiary/aromatic N) is 5. The first kappa shape index (κ1) is 24.4. The Balaban J connectivity index is 0.00000289. The molecule has 35 heavy (non-hydrogen) atoms. The Hall–Kier alpha value is -3.71. The molecule has 0 atom stereocenters. The van der Waals surface area contributed by atoms with Gasteiger partial charge in [0.25, 0.3) is 5.91 Å². The molecule has 8 heteroatoms. The molecular weight excluding hydrogens is 465 g/mol. The smallest absolute Gasteiger partial charge is 0.253 e. The van der Waals surface area contributed by atoms with Gasteiger partial charge in [-0.05, 0) is 48.0 Å². The SMILES string of the molecule is CN(C)c1ccc(C(=O)N2CCN(c3ncc(-c4ccc(F)cc4)c4cccnc34)CC2)cc1.Cl. The van der Waals surface area contributed by atoms with Crippen molar-refractivity contribution in [3.63, 3.8) is 0 Å². The molecule has 0 saturated carbocycles. The van der Waals surface area contributed by atoms with Crippen LogP contribution in [0.5, 0.6) is 0 Å². The Kier molecular flexibility index (Phi) is 7.17. The van der Waals surface area contributed by atoms with Gasteiger partial charge in [0.1, 0.15) is 11.3 Å². The molecule has 180 valence electrons. The number of benzene rings is 2. The Labute approximate surface area is 210 Å². The Morgan fingerprint density at radius 2 is 1.60 bits per heavy atom. The monoisotopic (exact) mass is 491 g/mol. The number of fused-ring (bicyclic) bond motifs is 1. The van der Waals surface area contributed by atoms with Gasteiger partial charge in [-0.25, -0.2) is 9.37 Å². The van der Waals surface area contributed by atoms with Crippen molar-refractivity contribution in [2.24, 2.45) is 0 Å². The van der Waals surface area contributed by atoms with Crippen molar-refractivity contribution in [2.45, 2.75) is 0 Å². The summed E-state index contributed by atoms with van der Waals surface area (Å²) in [6.45, 7) is 2.58. The molecular formula is C27H27ClFN5O. The van der Waals surface area contributed by atoms with E-state index in [1.165, 1.54) is 12.1 Å². The lowest BCUT2D eigenvalue weighted by Gasteiger charge is -2.35. The normalized spacial score (nSPS) is 13.5. The van der Waals surface area contributed by atoms with E-state index in [0.29, 0.717) is 31.7 Å². The second-order valence-corrected chi connectivity index (χ2v) is 8.62. The zero-order valence-corrected chi connectivity index (χ0v) is 20.5. The molecule has 0 bridgehead atoms. The number of carbonyl (C=O) groups is 1. The highest BCUT2D eigenvalue weighted by atomic mass is 35.5. The van der Waals surface area contributed by atoms with Crippen LogP contribution in [-0.2, 0) is 0 Å². The molecule has 6 nitrogen and oxygen atoms in total. The number of pyridine rings is 2. The van der Waals surface area contributed by atoms with E-state index in [2.05, 4.69) is 9.88 Å². The lowest BCUT2D eigenvalue weighted by Crippen LogP contribution is -2.49. The van der Waals surface area contributed by atoms with Crippen molar-refractivity contribution in [3.05, 3.63) is 84.4 Å². The first-order valence-electron chi connectivity index (χ1n) is 11.3. The van der Waals surface area contributed by atoms with E-state index in [-0.39, 0.29) is 24.1 Å². The number of anilines is 2. The fourth-order valence-electron chi connectivity index (χ4n) is 4.35. The summed E-state index contributed by atoms with van der Waals surface area (Å²) in [6, 6.07) is 18.0. The molecule has 0 unspecified atom stereocenters. The van der Waals surface area contributed by atoms with Gasteiger partial charge >= 0.3 is 0 Å². The van der Waals surface area contributed by atoms with Crippen LogP contribution in [0.1, 0.15) is 10.4 Å². The van der Waals surface area contributed by atoms with E-state index in [1.807, 2.05) is 66.5 Å². The largest absolute Gasteiger partial charge is 0.378 e. The zero-order chi connectivity index (χ0) is 23.7. The van der Waals surface area contributed by atoms with Crippen LogP contribution in [0.25, 0.3) is 22.0 Å². The van der Waals surface area contributed by atoms with Crippen molar-refractivity contribution < 1.29 is 9.18 Å². The highest BCUT2D eigenvalue weighted by Crippen LogP contribution is 2.32. The fourth-order valence-corrected chi connectivity index (χ4v) is 4.35. The third-order valence-corrected chi connectivity index (χ3v) is 6.28. The summed E-state index contributed by atoms with van der Waals surface area (Å²) >= 11 is 0. The van der Waals surface area contributed by atoms with Crippen LogP contribution in [0.15, 0.2) is 73.1 Å². The topological polar surface area (TPSA) is 52.6 Å². The van der Waals surface area contributed by atoms with Crippen molar-refractivity contribution in [1.29, 1.82) is 0 Å². The van der Waals surface area contributed by atoms with Gasteiger partial charge in [-0.2, -0.15) is 0 Å². The molecule has 2 aromatic heterocycles. The van der Waals surface area contributed by atoms with Crippen LogP contribution in [0.4, 0.5) is 15.9 Å². The lowest BCUT2D eigenvalue weighted by atomic mass is 10.0. The number of halogens is 2. The highest BCUT2D eigenvalue weighted by molar-refractivity contribution is 5.99. The summed E-state index contributed by atoms with van der Waals surface area (Å²) in [5.74, 6) is 0.591. The maximum atomic E-state index is 13.4. The van der Waals surface area contributed by atoms with Crippen molar-refractivity contribution in [2.75, 3.05) is 50.1 Å². The zero-order valence-electron chi connectivity index (χ0n) is 19.7. The van der Waals surface area contributed by atoms with Crippen molar-refractivity contribution in [3.8, 4) is 11.1 Å². The third-order valence-electron chi connectivity index (χ3n) is 6.28. The second-order valence-electron chi connectivity index (χ2n) is 8.62. The van der Waals surface area contributed by atoms with E-state index in [0.717, 1.165) is 33.5 Å². The number of hydrogen-bond donors (Lipinski definition) is 0. The van der Waals surface area contributed by atoms with Gasteiger partial charge in [0.15, 0.2) is 5.82 Å². The molecule has 1 amide bonds. The van der Waals surface area contributed by atoms with Gasteiger partial charge in [-0.15, -0.1) is 12.4 Å². The fraction of sp³-hybridized carbons (Fsp3) is 0.222. The van der Waals surface area contributed by atoms with Gasteiger partial charge in [0.2, 0.25) is 0 Å². The van der Waals surface area contributed by atoms with Gasteiger partial charge < -0.3 is 14.7 Å². The Morgan fingerprint density at radius 3 is 2.26 bits per heavy atom. The van der Waals surface area contributed by atoms with E-state index >= 15 is 0 Å². The van der Waals surface area contributed by atoms with E-state index in [1.54, 1.807) is 18.3 Å². The number of rotatable bonds is 4. The minimum Gasteiger partial charge on any atom is -0.378 e. The average molecular weight is 492 g/mol.